The highest BCUT2D eigenvalue weighted by molar-refractivity contribution is 6.05. The second-order valence-electron chi connectivity index (χ2n) is 6.56. The van der Waals surface area contributed by atoms with Gasteiger partial charge < -0.3 is 10.2 Å². The number of urea groups is 1. The molecule has 4 amide bonds. The summed E-state index contributed by atoms with van der Waals surface area (Å²) in [4.78, 5) is 41.9. The van der Waals surface area contributed by atoms with Gasteiger partial charge in [0.2, 0.25) is 5.91 Å². The zero-order valence-corrected chi connectivity index (χ0v) is 14.4. The smallest absolute Gasteiger partial charge is 0.324 e. The first kappa shape index (κ1) is 17.7. The molecule has 0 aromatic carbocycles. The van der Waals surface area contributed by atoms with E-state index in [1.165, 1.54) is 4.90 Å². The van der Waals surface area contributed by atoms with Crippen LogP contribution < -0.4 is 5.32 Å². The zero-order chi connectivity index (χ0) is 17.0. The van der Waals surface area contributed by atoms with Crippen molar-refractivity contribution in [1.82, 2.24) is 20.0 Å². The Labute approximate surface area is 138 Å². The number of hydrogen-bond acceptors (Lipinski definition) is 4. The molecular formula is C16H28N4O3. The lowest BCUT2D eigenvalue weighted by molar-refractivity contribution is -0.135. The molecule has 23 heavy (non-hydrogen) atoms. The Kier molecular flexibility index (Phi) is 5.98. The van der Waals surface area contributed by atoms with Crippen molar-refractivity contribution in [1.29, 1.82) is 0 Å². The predicted octanol–water partition coefficient (Wildman–Crippen LogP) is 0.650. The molecule has 1 N–H and O–H groups in total. The fraction of sp³-hybridized carbons (Fsp3) is 0.812. The highest BCUT2D eigenvalue weighted by Crippen LogP contribution is 2.13. The maximum absolute atomic E-state index is 12.5. The average Bonchev–Trinajstić information content (AvgIpc) is 2.72. The third-order valence-electron chi connectivity index (χ3n) is 4.55. The number of amides is 4. The molecule has 0 radical (unpaired) electrons. The molecule has 2 rings (SSSR count). The normalized spacial score (nSPS) is 23.4. The zero-order valence-electron chi connectivity index (χ0n) is 14.4. The van der Waals surface area contributed by atoms with E-state index in [9.17, 15) is 14.4 Å². The Bertz CT molecular complexity index is 466. The number of imide groups is 1. The Morgan fingerprint density at radius 2 is 1.96 bits per heavy atom. The van der Waals surface area contributed by atoms with Gasteiger partial charge in [-0.2, -0.15) is 0 Å². The summed E-state index contributed by atoms with van der Waals surface area (Å²) < 4.78 is 0. The van der Waals surface area contributed by atoms with Crippen LogP contribution in [0.2, 0.25) is 0 Å². The van der Waals surface area contributed by atoms with Crippen molar-refractivity contribution < 1.29 is 14.4 Å². The van der Waals surface area contributed by atoms with Crippen molar-refractivity contribution in [2.75, 3.05) is 32.7 Å². The van der Waals surface area contributed by atoms with Crippen LogP contribution in [0, 0.1) is 0 Å². The Morgan fingerprint density at radius 3 is 2.61 bits per heavy atom. The molecule has 1 atom stereocenters. The van der Waals surface area contributed by atoms with Gasteiger partial charge in [0, 0.05) is 38.8 Å². The van der Waals surface area contributed by atoms with E-state index in [0.717, 1.165) is 32.5 Å². The Morgan fingerprint density at radius 1 is 1.22 bits per heavy atom. The fourth-order valence-electron chi connectivity index (χ4n) is 3.16. The molecule has 0 spiro atoms. The van der Waals surface area contributed by atoms with Gasteiger partial charge in [0.15, 0.2) is 0 Å². The van der Waals surface area contributed by atoms with E-state index in [0.29, 0.717) is 19.1 Å². The van der Waals surface area contributed by atoms with Crippen LogP contribution in [0.25, 0.3) is 0 Å². The lowest BCUT2D eigenvalue weighted by Gasteiger charge is -2.25. The summed E-state index contributed by atoms with van der Waals surface area (Å²) in [6.45, 7) is 9.89. The number of hydrogen-bond donors (Lipinski definition) is 1. The van der Waals surface area contributed by atoms with Crippen molar-refractivity contribution in [2.45, 2.75) is 52.1 Å². The van der Waals surface area contributed by atoms with Gasteiger partial charge in [-0.1, -0.05) is 6.92 Å². The third-order valence-corrected chi connectivity index (χ3v) is 4.55. The van der Waals surface area contributed by atoms with Crippen LogP contribution in [0.5, 0.6) is 0 Å². The fourth-order valence-corrected chi connectivity index (χ4v) is 3.16. The van der Waals surface area contributed by atoms with Gasteiger partial charge in [-0.05, 0) is 26.7 Å². The first-order valence-corrected chi connectivity index (χ1v) is 8.57. The van der Waals surface area contributed by atoms with E-state index in [2.05, 4.69) is 24.1 Å². The topological polar surface area (TPSA) is 73.0 Å². The second-order valence-corrected chi connectivity index (χ2v) is 6.56. The summed E-state index contributed by atoms with van der Waals surface area (Å²) in [6, 6.07) is -0.606. The quantitative estimate of drug-likeness (QED) is 0.754. The Balaban J connectivity index is 1.89. The molecule has 0 bridgehead atoms. The first-order chi connectivity index (χ1) is 10.9. The molecule has 0 aromatic heterocycles. The highest BCUT2D eigenvalue weighted by Gasteiger charge is 2.39. The molecule has 2 aliphatic heterocycles. The largest absolute Gasteiger partial charge is 0.341 e. The van der Waals surface area contributed by atoms with Crippen molar-refractivity contribution in [3.63, 3.8) is 0 Å². The van der Waals surface area contributed by atoms with Crippen LogP contribution in [0.15, 0.2) is 0 Å². The summed E-state index contributed by atoms with van der Waals surface area (Å²) in [7, 11) is 0. The first-order valence-electron chi connectivity index (χ1n) is 8.57. The number of carbonyl (C=O) groups excluding carboxylic acids is 3. The maximum atomic E-state index is 12.5. The van der Waals surface area contributed by atoms with Gasteiger partial charge in [-0.3, -0.25) is 19.4 Å². The molecule has 2 aliphatic rings. The van der Waals surface area contributed by atoms with E-state index in [4.69, 9.17) is 0 Å². The molecule has 0 aromatic rings. The minimum absolute atomic E-state index is 0.0485. The maximum Gasteiger partial charge on any atom is 0.324 e. The van der Waals surface area contributed by atoms with Gasteiger partial charge in [0.05, 0.1) is 6.42 Å². The highest BCUT2D eigenvalue weighted by atomic mass is 16.2. The van der Waals surface area contributed by atoms with Gasteiger partial charge in [-0.15, -0.1) is 0 Å². The van der Waals surface area contributed by atoms with Crippen LogP contribution in [0.1, 0.15) is 40.0 Å². The minimum Gasteiger partial charge on any atom is -0.341 e. The van der Waals surface area contributed by atoms with Gasteiger partial charge >= 0.3 is 6.03 Å². The van der Waals surface area contributed by atoms with Crippen LogP contribution in [0.4, 0.5) is 4.79 Å². The average molecular weight is 324 g/mol. The molecule has 0 saturated carbocycles. The molecule has 130 valence electrons. The molecule has 2 fully saturated rings. The summed E-state index contributed by atoms with van der Waals surface area (Å²) >= 11 is 0. The summed E-state index contributed by atoms with van der Waals surface area (Å²) in [6.07, 6.45) is 1.72. The van der Waals surface area contributed by atoms with Crippen LogP contribution in [-0.2, 0) is 9.59 Å². The molecule has 7 heteroatoms. The van der Waals surface area contributed by atoms with E-state index in [1.54, 1.807) is 0 Å². The monoisotopic (exact) mass is 324 g/mol. The molecule has 2 saturated heterocycles. The summed E-state index contributed by atoms with van der Waals surface area (Å²) in [5.41, 5.74) is 0. The van der Waals surface area contributed by atoms with Crippen LogP contribution in [-0.4, -0.2) is 77.4 Å². The van der Waals surface area contributed by atoms with Crippen LogP contribution >= 0.6 is 0 Å². The standard InChI is InChI=1S/C16H28N4O3/c1-4-6-20-15(22)13(17-16(20)23)11-14(21)19-8-5-7-18(9-10-19)12(2)3/h12-13H,4-11H2,1-3H3,(H,17,23). The molecular weight excluding hydrogens is 296 g/mol. The molecule has 1 unspecified atom stereocenters. The van der Waals surface area contributed by atoms with Crippen molar-refractivity contribution >= 4 is 17.8 Å². The molecule has 7 nitrogen and oxygen atoms in total. The van der Waals surface area contributed by atoms with Crippen molar-refractivity contribution in [3.05, 3.63) is 0 Å². The lowest BCUT2D eigenvalue weighted by Crippen LogP contribution is -2.41. The predicted molar refractivity (Wildman–Crippen MR) is 86.8 cm³/mol. The Hall–Kier alpha value is -1.63. The van der Waals surface area contributed by atoms with Crippen molar-refractivity contribution in [3.8, 4) is 0 Å². The number of rotatable bonds is 5. The van der Waals surface area contributed by atoms with E-state index >= 15 is 0 Å². The molecule has 0 aliphatic carbocycles. The van der Waals surface area contributed by atoms with Crippen LogP contribution in [0.3, 0.4) is 0 Å². The van der Waals surface area contributed by atoms with E-state index in [-0.39, 0.29) is 24.3 Å². The second kappa shape index (κ2) is 7.77. The number of nitrogens with zero attached hydrogens (tertiary/aromatic N) is 3. The van der Waals surface area contributed by atoms with Gasteiger partial charge in [0.25, 0.3) is 5.91 Å². The minimum atomic E-state index is -0.703. The van der Waals surface area contributed by atoms with E-state index in [1.807, 2.05) is 11.8 Å². The lowest BCUT2D eigenvalue weighted by atomic mass is 10.2. The molecule has 2 heterocycles. The summed E-state index contributed by atoms with van der Waals surface area (Å²) in [5.74, 6) is -0.323. The van der Waals surface area contributed by atoms with Gasteiger partial charge in [0.1, 0.15) is 6.04 Å². The SMILES string of the molecule is CCCN1C(=O)NC(CC(=O)N2CCCN(C(C)C)CC2)C1=O. The number of nitrogens with one attached hydrogen (secondary N) is 1. The third kappa shape index (κ3) is 4.22. The van der Waals surface area contributed by atoms with E-state index < -0.39 is 6.04 Å². The number of carbonyl (C=O) groups is 3. The summed E-state index contributed by atoms with van der Waals surface area (Å²) in [5, 5.41) is 2.63. The van der Waals surface area contributed by atoms with Crippen molar-refractivity contribution in [2.24, 2.45) is 0 Å². The van der Waals surface area contributed by atoms with Gasteiger partial charge in [-0.25, -0.2) is 4.79 Å².